The van der Waals surface area contributed by atoms with Crippen LogP contribution in [0.4, 0.5) is 0 Å². The minimum atomic E-state index is -2.79. The molecule has 0 aromatic heterocycles. The van der Waals surface area contributed by atoms with Crippen LogP contribution in [0, 0.1) is 0 Å². The van der Waals surface area contributed by atoms with Crippen LogP contribution in [0.3, 0.4) is 0 Å². The van der Waals surface area contributed by atoms with Crippen LogP contribution in [0.1, 0.15) is 0 Å². The Hall–Kier alpha value is -1.52. The van der Waals surface area contributed by atoms with Crippen LogP contribution >= 0.6 is 0 Å². The molecule has 0 fully saturated rings. The summed E-state index contributed by atoms with van der Waals surface area (Å²) in [7, 11) is -5.42. The van der Waals surface area contributed by atoms with Crippen LogP contribution in [0.5, 0.6) is 0 Å². The number of carbonyl (C=O) groups is 1. The quantitative estimate of drug-likeness (QED) is 0.232. The molecule has 7 heteroatoms. The lowest BCUT2D eigenvalue weighted by molar-refractivity contribution is -0.136. The SMILES string of the molecule is C=C.C=CCO[Si](C)(C=C)O[Si](C)(COC(=O)C=C)OCC=C. The van der Waals surface area contributed by atoms with Crippen LogP contribution in [0.15, 0.2) is 63.4 Å². The highest BCUT2D eigenvalue weighted by atomic mass is 28.5. The van der Waals surface area contributed by atoms with E-state index in [0.29, 0.717) is 13.2 Å². The molecule has 0 bridgehead atoms. The second-order valence-electron chi connectivity index (χ2n) is 4.47. The largest absolute Gasteiger partial charge is 0.461 e. The topological polar surface area (TPSA) is 54.0 Å². The second kappa shape index (κ2) is 13.0. The Morgan fingerprint density at radius 1 is 1.00 bits per heavy atom. The number of hydrogen-bond donors (Lipinski definition) is 0. The molecule has 5 nitrogen and oxygen atoms in total. The molecule has 23 heavy (non-hydrogen) atoms. The highest BCUT2D eigenvalue weighted by Gasteiger charge is 2.42. The van der Waals surface area contributed by atoms with E-state index in [0.717, 1.165) is 6.08 Å². The first kappa shape index (κ1) is 23.7. The van der Waals surface area contributed by atoms with E-state index in [1.165, 1.54) is 0 Å². The van der Waals surface area contributed by atoms with Crippen molar-refractivity contribution in [3.63, 3.8) is 0 Å². The highest BCUT2D eigenvalue weighted by Crippen LogP contribution is 2.19. The van der Waals surface area contributed by atoms with Gasteiger partial charge in [0.05, 0.1) is 13.2 Å². The van der Waals surface area contributed by atoms with E-state index in [2.05, 4.69) is 39.5 Å². The summed E-state index contributed by atoms with van der Waals surface area (Å²) < 4.78 is 22.6. The summed E-state index contributed by atoms with van der Waals surface area (Å²) in [6.45, 7) is 24.6. The van der Waals surface area contributed by atoms with Crippen LogP contribution in [0.25, 0.3) is 0 Å². The van der Waals surface area contributed by atoms with Crippen molar-refractivity contribution in [1.82, 2.24) is 0 Å². The summed E-state index contributed by atoms with van der Waals surface area (Å²) in [5, 5.41) is 0. The average molecular weight is 357 g/mol. The van der Waals surface area contributed by atoms with E-state index in [-0.39, 0.29) is 6.23 Å². The van der Waals surface area contributed by atoms with Gasteiger partial charge in [0.25, 0.3) is 0 Å². The predicted molar refractivity (Wildman–Crippen MR) is 99.2 cm³/mol. The predicted octanol–water partition coefficient (Wildman–Crippen LogP) is 3.35. The van der Waals surface area contributed by atoms with Crippen LogP contribution in [0.2, 0.25) is 13.1 Å². The van der Waals surface area contributed by atoms with Gasteiger partial charge in [0.2, 0.25) is 0 Å². The number of carbonyl (C=O) groups excluding carboxylic acids is 1. The lowest BCUT2D eigenvalue weighted by atomic mass is 10.7. The molecule has 0 amide bonds. The van der Waals surface area contributed by atoms with Gasteiger partial charge in [0.1, 0.15) is 6.23 Å². The minimum absolute atomic E-state index is 0.0412. The van der Waals surface area contributed by atoms with Gasteiger partial charge in [-0.25, -0.2) is 4.79 Å². The summed E-state index contributed by atoms with van der Waals surface area (Å²) >= 11 is 0. The van der Waals surface area contributed by atoms with Crippen LogP contribution < -0.4 is 0 Å². The normalized spacial score (nSPS) is 14.9. The lowest BCUT2D eigenvalue weighted by Gasteiger charge is -2.34. The van der Waals surface area contributed by atoms with Crippen molar-refractivity contribution in [3.05, 3.63) is 63.4 Å². The summed E-state index contributed by atoms with van der Waals surface area (Å²) in [6.07, 6.45) is 4.39. The number of esters is 1. The molecule has 0 aliphatic rings. The van der Waals surface area contributed by atoms with E-state index < -0.39 is 23.1 Å². The molecule has 0 rings (SSSR count). The molecule has 0 aromatic rings. The van der Waals surface area contributed by atoms with E-state index in [1.54, 1.807) is 24.4 Å². The third-order valence-corrected chi connectivity index (χ3v) is 8.70. The van der Waals surface area contributed by atoms with Gasteiger partial charge < -0.3 is 17.7 Å². The molecule has 0 N–H and O–H groups in total. The molecule has 0 aromatic carbocycles. The van der Waals surface area contributed by atoms with Gasteiger partial charge >= 0.3 is 23.1 Å². The second-order valence-corrected chi connectivity index (χ2v) is 10.9. The van der Waals surface area contributed by atoms with E-state index in [9.17, 15) is 4.79 Å². The molecule has 130 valence electrons. The Bertz CT molecular complexity index is 413. The molecule has 0 aliphatic heterocycles. The Labute approximate surface area is 142 Å². The van der Waals surface area contributed by atoms with Gasteiger partial charge in [-0.2, -0.15) is 0 Å². The van der Waals surface area contributed by atoms with Crippen molar-refractivity contribution < 1.29 is 22.5 Å². The van der Waals surface area contributed by atoms with Gasteiger partial charge in [0.15, 0.2) is 0 Å². The fourth-order valence-electron chi connectivity index (χ4n) is 1.38. The van der Waals surface area contributed by atoms with Gasteiger partial charge in [-0.3, -0.25) is 0 Å². The monoisotopic (exact) mass is 356 g/mol. The molecule has 0 radical (unpaired) electrons. The highest BCUT2D eigenvalue weighted by molar-refractivity contribution is 6.82. The molecule has 2 unspecified atom stereocenters. The number of rotatable bonds is 12. The third kappa shape index (κ3) is 10.8. The standard InChI is InChI=1S/C14H24O5Si2.C2H4/c1-7-11-17-20(5,10-4)19-21(6,18-12-8-2)13-16-14(15)9-3;1-2/h7-10H,1-4,11-13H2,5-6H3;1-2H2. The van der Waals surface area contributed by atoms with E-state index in [1.807, 2.05) is 6.55 Å². The van der Waals surface area contributed by atoms with Gasteiger partial charge in [-0.1, -0.05) is 24.4 Å². The summed E-state index contributed by atoms with van der Waals surface area (Å²) in [6, 6.07) is 0. The summed E-state index contributed by atoms with van der Waals surface area (Å²) in [5.41, 5.74) is 1.66. The maximum Gasteiger partial charge on any atom is 0.365 e. The Morgan fingerprint density at radius 3 is 1.96 bits per heavy atom. The maximum atomic E-state index is 11.2. The molecule has 2 atom stereocenters. The minimum Gasteiger partial charge on any atom is -0.461 e. The zero-order valence-corrected chi connectivity index (χ0v) is 16.2. The zero-order valence-electron chi connectivity index (χ0n) is 14.2. The van der Waals surface area contributed by atoms with Crippen molar-refractivity contribution in [2.75, 3.05) is 19.4 Å². The number of hydrogen-bond acceptors (Lipinski definition) is 5. The van der Waals surface area contributed by atoms with Crippen LogP contribution in [-0.2, 0) is 22.5 Å². The lowest BCUT2D eigenvalue weighted by Crippen LogP contribution is -2.54. The van der Waals surface area contributed by atoms with Crippen molar-refractivity contribution in [2.24, 2.45) is 0 Å². The summed E-state index contributed by atoms with van der Waals surface area (Å²) in [5.74, 6) is -0.520. The van der Waals surface area contributed by atoms with Crippen molar-refractivity contribution in [2.45, 2.75) is 13.1 Å². The molecular formula is C16H28O5Si2. The average Bonchev–Trinajstić information content (AvgIpc) is 2.58. The first-order valence-electron chi connectivity index (χ1n) is 6.97. The fraction of sp³-hybridized carbons (Fsp3) is 0.312. The molecule has 0 saturated carbocycles. The molecule has 0 spiro atoms. The van der Waals surface area contributed by atoms with Crippen molar-refractivity contribution in [1.29, 1.82) is 0 Å². The molecular weight excluding hydrogens is 328 g/mol. The first-order valence-corrected chi connectivity index (χ1v) is 11.9. The van der Waals surface area contributed by atoms with E-state index >= 15 is 0 Å². The van der Waals surface area contributed by atoms with Crippen LogP contribution in [-0.4, -0.2) is 42.5 Å². The van der Waals surface area contributed by atoms with E-state index in [4.69, 9.17) is 17.7 Å². The molecule has 0 aliphatic carbocycles. The first-order chi connectivity index (χ1) is 10.8. The zero-order chi connectivity index (χ0) is 18.4. The molecule has 0 heterocycles. The summed E-state index contributed by atoms with van der Waals surface area (Å²) in [4.78, 5) is 11.2. The molecule has 0 saturated heterocycles. The van der Waals surface area contributed by atoms with Gasteiger partial charge in [-0.05, 0) is 13.1 Å². The number of ether oxygens (including phenoxy) is 1. The van der Waals surface area contributed by atoms with Gasteiger partial charge in [-0.15, -0.1) is 32.9 Å². The third-order valence-electron chi connectivity index (χ3n) is 2.43. The Balaban J connectivity index is 0. The maximum absolute atomic E-state index is 11.2. The fourth-order valence-corrected chi connectivity index (χ4v) is 7.37. The Kier molecular flexibility index (Phi) is 13.4. The van der Waals surface area contributed by atoms with Crippen molar-refractivity contribution in [3.8, 4) is 0 Å². The smallest absolute Gasteiger partial charge is 0.365 e. The van der Waals surface area contributed by atoms with Gasteiger partial charge in [0, 0.05) is 6.08 Å². The Morgan fingerprint density at radius 2 is 1.52 bits per heavy atom. The van der Waals surface area contributed by atoms with Crippen molar-refractivity contribution >= 4 is 23.1 Å².